The van der Waals surface area contributed by atoms with Crippen molar-refractivity contribution in [2.24, 2.45) is 5.92 Å². The summed E-state index contributed by atoms with van der Waals surface area (Å²) in [6.45, 7) is 7.02. The third kappa shape index (κ3) is 3.72. The number of carbonyl (C=O) groups excluding carboxylic acids is 1. The molecule has 0 unspecified atom stereocenters. The largest absolute Gasteiger partial charge is 0.492 e. The van der Waals surface area contributed by atoms with Gasteiger partial charge in [-0.25, -0.2) is 0 Å². The van der Waals surface area contributed by atoms with Gasteiger partial charge in [-0.2, -0.15) is 0 Å². The molecule has 0 aliphatic heterocycles. The van der Waals surface area contributed by atoms with Gasteiger partial charge < -0.3 is 9.30 Å². The molecular weight excluding hydrogens is 334 g/mol. The first kappa shape index (κ1) is 17.6. The fourth-order valence-corrected chi connectivity index (χ4v) is 3.03. The second kappa shape index (κ2) is 7.32. The van der Waals surface area contributed by atoms with Crippen LogP contribution in [0.3, 0.4) is 0 Å². The summed E-state index contributed by atoms with van der Waals surface area (Å²) in [6.07, 6.45) is 1.95. The number of nitrogens with zero attached hydrogens (tertiary/aromatic N) is 1. The number of ether oxygens (including phenoxy) is 1. The molecule has 3 nitrogen and oxygen atoms in total. The highest BCUT2D eigenvalue weighted by molar-refractivity contribution is 6.31. The van der Waals surface area contributed by atoms with Gasteiger partial charge in [0.1, 0.15) is 12.4 Å². The highest BCUT2D eigenvalue weighted by Crippen LogP contribution is 2.24. The lowest BCUT2D eigenvalue weighted by Gasteiger charge is -2.09. The van der Waals surface area contributed by atoms with Crippen LogP contribution < -0.4 is 4.74 Å². The summed E-state index contributed by atoms with van der Waals surface area (Å²) in [7, 11) is 0. The molecule has 0 radical (unpaired) electrons. The van der Waals surface area contributed by atoms with E-state index in [-0.39, 0.29) is 11.7 Å². The summed E-state index contributed by atoms with van der Waals surface area (Å²) in [5.41, 5.74) is 2.84. The molecule has 3 rings (SSSR count). The third-order valence-corrected chi connectivity index (χ3v) is 4.73. The van der Waals surface area contributed by atoms with Gasteiger partial charge in [0.15, 0.2) is 5.78 Å². The normalized spacial score (nSPS) is 11.2. The van der Waals surface area contributed by atoms with Crippen molar-refractivity contribution in [2.45, 2.75) is 27.3 Å². The van der Waals surface area contributed by atoms with Gasteiger partial charge >= 0.3 is 0 Å². The Morgan fingerprint density at radius 1 is 1.20 bits per heavy atom. The number of hydrogen-bond donors (Lipinski definition) is 0. The Morgan fingerprint density at radius 2 is 1.96 bits per heavy atom. The first-order chi connectivity index (χ1) is 12.0. The molecule has 0 N–H and O–H groups in total. The van der Waals surface area contributed by atoms with Crippen LogP contribution >= 0.6 is 11.6 Å². The number of fused-ring (bicyclic) bond motifs is 1. The molecule has 1 aromatic heterocycles. The SMILES string of the molecule is Cc1cc(OCCn2cc(C(=O)C(C)C)c3ccccc32)ccc1Cl. The van der Waals surface area contributed by atoms with E-state index in [4.69, 9.17) is 16.3 Å². The molecule has 25 heavy (non-hydrogen) atoms. The van der Waals surface area contributed by atoms with Crippen LogP contribution in [0.5, 0.6) is 5.75 Å². The minimum absolute atomic E-state index is 0.0208. The monoisotopic (exact) mass is 355 g/mol. The van der Waals surface area contributed by atoms with Crippen LogP contribution in [-0.4, -0.2) is 17.0 Å². The van der Waals surface area contributed by atoms with Crippen LogP contribution in [0.1, 0.15) is 29.8 Å². The number of carbonyl (C=O) groups is 1. The van der Waals surface area contributed by atoms with E-state index >= 15 is 0 Å². The Labute approximate surface area is 153 Å². The molecule has 0 saturated heterocycles. The third-order valence-electron chi connectivity index (χ3n) is 4.31. The number of aromatic nitrogens is 1. The van der Waals surface area contributed by atoms with E-state index in [0.717, 1.165) is 32.8 Å². The van der Waals surface area contributed by atoms with Crippen LogP contribution in [0, 0.1) is 12.8 Å². The number of aryl methyl sites for hydroxylation is 1. The standard InChI is InChI=1S/C21H22ClNO2/c1-14(2)21(24)18-13-23(20-7-5-4-6-17(18)20)10-11-25-16-8-9-19(22)15(3)12-16/h4-9,12-14H,10-11H2,1-3H3. The van der Waals surface area contributed by atoms with E-state index in [9.17, 15) is 4.79 Å². The zero-order valence-corrected chi connectivity index (χ0v) is 15.5. The summed E-state index contributed by atoms with van der Waals surface area (Å²) in [5, 5.41) is 1.74. The predicted octanol–water partition coefficient (Wildman–Crippen LogP) is 5.52. The number of halogens is 1. The van der Waals surface area contributed by atoms with Crippen molar-refractivity contribution in [1.29, 1.82) is 0 Å². The van der Waals surface area contributed by atoms with E-state index in [1.165, 1.54) is 0 Å². The van der Waals surface area contributed by atoms with Crippen LogP contribution in [0.15, 0.2) is 48.7 Å². The second-order valence-electron chi connectivity index (χ2n) is 6.53. The summed E-state index contributed by atoms with van der Waals surface area (Å²) in [6, 6.07) is 13.7. The lowest BCUT2D eigenvalue weighted by atomic mass is 10.0. The van der Waals surface area contributed by atoms with Gasteiger partial charge in [0.05, 0.1) is 6.54 Å². The number of para-hydroxylation sites is 1. The topological polar surface area (TPSA) is 31.2 Å². The van der Waals surface area contributed by atoms with Crippen LogP contribution in [-0.2, 0) is 6.54 Å². The molecule has 130 valence electrons. The molecule has 0 spiro atoms. The molecule has 1 heterocycles. The summed E-state index contributed by atoms with van der Waals surface area (Å²) in [4.78, 5) is 12.5. The molecular formula is C21H22ClNO2. The molecule has 3 aromatic rings. The van der Waals surface area contributed by atoms with Crippen molar-refractivity contribution < 1.29 is 9.53 Å². The number of ketones is 1. The van der Waals surface area contributed by atoms with Gasteiger partial charge in [-0.1, -0.05) is 43.6 Å². The van der Waals surface area contributed by atoms with Crippen molar-refractivity contribution in [3.05, 3.63) is 64.8 Å². The zero-order chi connectivity index (χ0) is 18.0. The molecule has 0 bridgehead atoms. The van der Waals surface area contributed by atoms with E-state index in [1.54, 1.807) is 0 Å². The lowest BCUT2D eigenvalue weighted by molar-refractivity contribution is 0.0941. The average molecular weight is 356 g/mol. The minimum Gasteiger partial charge on any atom is -0.492 e. The van der Waals surface area contributed by atoms with Crippen molar-refractivity contribution >= 4 is 28.3 Å². The van der Waals surface area contributed by atoms with Crippen LogP contribution in [0.2, 0.25) is 5.02 Å². The summed E-state index contributed by atoms with van der Waals surface area (Å²) < 4.78 is 7.94. The Balaban J connectivity index is 1.79. The van der Waals surface area contributed by atoms with Crippen molar-refractivity contribution in [1.82, 2.24) is 4.57 Å². The van der Waals surface area contributed by atoms with E-state index < -0.39 is 0 Å². The van der Waals surface area contributed by atoms with Gasteiger partial charge in [-0.15, -0.1) is 0 Å². The maximum Gasteiger partial charge on any atom is 0.167 e. The van der Waals surface area contributed by atoms with Crippen LogP contribution in [0.25, 0.3) is 10.9 Å². The molecule has 4 heteroatoms. The first-order valence-electron chi connectivity index (χ1n) is 8.48. The van der Waals surface area contributed by atoms with Gasteiger partial charge in [0, 0.05) is 33.6 Å². The first-order valence-corrected chi connectivity index (χ1v) is 8.86. The highest BCUT2D eigenvalue weighted by atomic mass is 35.5. The molecule has 0 aliphatic carbocycles. The number of rotatable bonds is 6. The van der Waals surface area contributed by atoms with Gasteiger partial charge in [0.25, 0.3) is 0 Å². The van der Waals surface area contributed by atoms with Gasteiger partial charge in [-0.05, 0) is 36.8 Å². The molecule has 0 fully saturated rings. The number of hydrogen-bond acceptors (Lipinski definition) is 2. The van der Waals surface area contributed by atoms with Gasteiger partial charge in [0.2, 0.25) is 0 Å². The molecule has 0 amide bonds. The second-order valence-corrected chi connectivity index (χ2v) is 6.94. The van der Waals surface area contributed by atoms with Crippen LogP contribution in [0.4, 0.5) is 0 Å². The zero-order valence-electron chi connectivity index (χ0n) is 14.8. The number of Topliss-reactive ketones (excluding diaryl/α,β-unsaturated/α-hetero) is 1. The quantitative estimate of drug-likeness (QED) is 0.545. The highest BCUT2D eigenvalue weighted by Gasteiger charge is 2.17. The maximum absolute atomic E-state index is 12.5. The number of benzene rings is 2. The van der Waals surface area contributed by atoms with E-state index in [0.29, 0.717) is 13.2 Å². The Kier molecular flexibility index (Phi) is 5.14. The molecule has 0 atom stereocenters. The van der Waals surface area contributed by atoms with E-state index in [2.05, 4.69) is 4.57 Å². The Bertz CT molecular complexity index is 911. The predicted molar refractivity (Wildman–Crippen MR) is 103 cm³/mol. The van der Waals surface area contributed by atoms with E-state index in [1.807, 2.05) is 69.4 Å². The minimum atomic E-state index is -0.0208. The summed E-state index contributed by atoms with van der Waals surface area (Å²) in [5.74, 6) is 0.952. The Morgan fingerprint density at radius 3 is 2.68 bits per heavy atom. The smallest absolute Gasteiger partial charge is 0.167 e. The molecule has 0 saturated carbocycles. The Hall–Kier alpha value is -2.26. The van der Waals surface area contributed by atoms with Crippen molar-refractivity contribution in [2.75, 3.05) is 6.61 Å². The maximum atomic E-state index is 12.5. The average Bonchev–Trinajstić information content (AvgIpc) is 2.96. The molecule has 2 aromatic carbocycles. The van der Waals surface area contributed by atoms with Crippen molar-refractivity contribution in [3.63, 3.8) is 0 Å². The summed E-state index contributed by atoms with van der Waals surface area (Å²) >= 11 is 6.04. The molecule has 0 aliphatic rings. The van der Waals surface area contributed by atoms with Crippen molar-refractivity contribution in [3.8, 4) is 5.75 Å². The van der Waals surface area contributed by atoms with Gasteiger partial charge in [-0.3, -0.25) is 4.79 Å². The lowest BCUT2D eigenvalue weighted by Crippen LogP contribution is -2.09. The fraction of sp³-hybridized carbons (Fsp3) is 0.286. The fourth-order valence-electron chi connectivity index (χ4n) is 2.91.